The Balaban J connectivity index is 1.26. The Hall–Kier alpha value is -4.44. The molecular weight excluding hydrogens is 694 g/mol. The first kappa shape index (κ1) is 37.3. The molecule has 0 bridgehead atoms. The normalized spacial score (nSPS) is 25.2. The van der Waals surface area contributed by atoms with Gasteiger partial charge in [0.25, 0.3) is 5.91 Å². The van der Waals surface area contributed by atoms with Gasteiger partial charge in [0.05, 0.1) is 25.3 Å². The van der Waals surface area contributed by atoms with Crippen molar-refractivity contribution >= 4 is 45.0 Å². The van der Waals surface area contributed by atoms with Gasteiger partial charge in [0.2, 0.25) is 11.8 Å². The molecule has 3 N–H and O–H groups in total. The van der Waals surface area contributed by atoms with E-state index in [9.17, 15) is 27.6 Å². The van der Waals surface area contributed by atoms with E-state index in [1.807, 2.05) is 4.72 Å². The fourth-order valence-corrected chi connectivity index (χ4v) is 7.93. The summed E-state index contributed by atoms with van der Waals surface area (Å²) in [4.78, 5) is 61.0. The van der Waals surface area contributed by atoms with Gasteiger partial charge in [-0.2, -0.15) is 8.42 Å². The van der Waals surface area contributed by atoms with Crippen LogP contribution in [-0.2, 0) is 33.6 Å². The molecule has 4 fully saturated rings. The predicted molar refractivity (Wildman–Crippen MR) is 188 cm³/mol. The van der Waals surface area contributed by atoms with Crippen molar-refractivity contribution < 1.29 is 46.0 Å². The number of nitrogens with zero attached hydrogens (tertiary/aromatic N) is 2. The summed E-state index contributed by atoms with van der Waals surface area (Å²) in [5.41, 5.74) is -1.81. The van der Waals surface area contributed by atoms with Crippen LogP contribution in [0, 0.1) is 11.3 Å². The number of alkyl carbamates (subject to hydrolysis) is 1. The third-order valence-electron chi connectivity index (χ3n) is 10.1. The van der Waals surface area contributed by atoms with Crippen LogP contribution in [0.15, 0.2) is 43.1 Å². The molecule has 6 rings (SSSR count). The molecule has 282 valence electrons. The Morgan fingerprint density at radius 2 is 1.79 bits per heavy atom. The van der Waals surface area contributed by atoms with Crippen molar-refractivity contribution in [1.82, 2.24) is 25.2 Å². The lowest BCUT2D eigenvalue weighted by Gasteiger charge is -2.35. The number of likely N-dealkylation sites (tertiary alicyclic amines) is 1. The van der Waals surface area contributed by atoms with Crippen molar-refractivity contribution in [3.8, 4) is 11.5 Å². The van der Waals surface area contributed by atoms with Gasteiger partial charge in [-0.3, -0.25) is 23.6 Å². The van der Waals surface area contributed by atoms with Crippen LogP contribution in [0.2, 0.25) is 0 Å². The maximum Gasteiger partial charge on any atom is 0.408 e. The summed E-state index contributed by atoms with van der Waals surface area (Å²) in [7, 11) is -2.87. The number of nitrogens with one attached hydrogen (secondary N) is 3. The Kier molecular flexibility index (Phi) is 10.4. The highest BCUT2D eigenvalue weighted by Crippen LogP contribution is 2.45. The van der Waals surface area contributed by atoms with Crippen molar-refractivity contribution in [3.63, 3.8) is 0 Å². The highest BCUT2D eigenvalue weighted by molar-refractivity contribution is 7.85. The molecule has 3 saturated carbocycles. The highest BCUT2D eigenvalue weighted by atomic mass is 32.2. The van der Waals surface area contributed by atoms with Crippen molar-refractivity contribution in [2.45, 2.75) is 108 Å². The maximum atomic E-state index is 14.5. The molecular formula is C36H47N5O10S. The summed E-state index contributed by atoms with van der Waals surface area (Å²) in [6, 6.07) is 4.79. The first-order chi connectivity index (χ1) is 24.6. The van der Waals surface area contributed by atoms with E-state index in [0.717, 1.165) is 25.7 Å². The molecule has 1 aromatic heterocycles. The number of rotatable bonds is 13. The van der Waals surface area contributed by atoms with Gasteiger partial charge in [0.15, 0.2) is 0 Å². The second-order valence-electron chi connectivity index (χ2n) is 15.1. The minimum absolute atomic E-state index is 0.0282. The molecule has 0 radical (unpaired) electrons. The monoisotopic (exact) mass is 741 g/mol. The lowest BCUT2D eigenvalue weighted by Crippen LogP contribution is -2.60. The predicted octanol–water partition coefficient (Wildman–Crippen LogP) is 3.28. The van der Waals surface area contributed by atoms with Gasteiger partial charge in [-0.1, -0.05) is 26.8 Å². The number of carbonyl (C=O) groups excluding carboxylic acids is 4. The molecule has 2 aromatic rings. The van der Waals surface area contributed by atoms with Crippen molar-refractivity contribution in [3.05, 3.63) is 43.1 Å². The molecule has 4 aliphatic rings. The molecule has 16 heteroatoms. The Morgan fingerprint density at radius 1 is 1.06 bits per heavy atom. The van der Waals surface area contributed by atoms with Crippen LogP contribution < -0.4 is 24.8 Å². The van der Waals surface area contributed by atoms with E-state index >= 15 is 0 Å². The van der Waals surface area contributed by atoms with E-state index in [1.54, 1.807) is 58.3 Å². The molecule has 1 saturated heterocycles. The van der Waals surface area contributed by atoms with Gasteiger partial charge in [0, 0.05) is 30.0 Å². The molecule has 3 aliphatic carbocycles. The molecule has 5 atom stereocenters. The molecule has 1 aliphatic heterocycles. The molecule has 0 spiro atoms. The zero-order valence-corrected chi connectivity index (χ0v) is 30.7. The first-order valence-corrected chi connectivity index (χ1v) is 19.1. The molecule has 4 amide bonds. The number of amides is 4. The third kappa shape index (κ3) is 8.27. The van der Waals surface area contributed by atoms with Gasteiger partial charge < -0.3 is 29.7 Å². The Labute approximate surface area is 303 Å². The van der Waals surface area contributed by atoms with Gasteiger partial charge in [-0.15, -0.1) is 6.58 Å². The topological polar surface area (TPSA) is 192 Å². The number of pyridine rings is 1. The fourth-order valence-electron chi connectivity index (χ4n) is 6.92. The van der Waals surface area contributed by atoms with E-state index in [4.69, 9.17) is 18.4 Å². The zero-order chi connectivity index (χ0) is 37.4. The lowest BCUT2D eigenvalue weighted by atomic mass is 9.85. The number of carbonyl (C=O) groups is 4. The number of ether oxygens (including phenoxy) is 3. The standard InChI is InChI=1S/C36H47N5O10S/c1-6-21-19-36(21,33(44)40-52(46,47)51-23-11-12-23)39-31(42)28-18-25(49-29-15-16-37-27-17-24(48-5)13-14-26(27)29)20-41(28)32(43)30(35(2,3)4)38-34(45)50-22-9-7-8-10-22/h6,13-17,21-23,25,28,30H,1,7-12,18-20H2,2-5H3,(H,38,45)(H,39,42)(H,40,44)/t21-,25-,28+,30-,36-/m1/s1. The fraction of sp³-hybridized carbons (Fsp3) is 0.583. The molecule has 15 nitrogen and oxygen atoms in total. The summed E-state index contributed by atoms with van der Waals surface area (Å²) < 4.78 is 49.4. The zero-order valence-electron chi connectivity index (χ0n) is 29.9. The highest BCUT2D eigenvalue weighted by Gasteiger charge is 2.62. The Morgan fingerprint density at radius 3 is 2.42 bits per heavy atom. The summed E-state index contributed by atoms with van der Waals surface area (Å²) >= 11 is 0. The largest absolute Gasteiger partial charge is 0.497 e. The van der Waals surface area contributed by atoms with Crippen LogP contribution in [0.3, 0.4) is 0 Å². The van der Waals surface area contributed by atoms with Gasteiger partial charge in [-0.05, 0) is 68.6 Å². The Bertz CT molecular complexity index is 1840. The summed E-state index contributed by atoms with van der Waals surface area (Å²) in [5, 5.41) is 6.20. The van der Waals surface area contributed by atoms with Crippen molar-refractivity contribution in [1.29, 1.82) is 0 Å². The average Bonchev–Trinajstić information content (AvgIpc) is 3.92. The van der Waals surface area contributed by atoms with Gasteiger partial charge in [0.1, 0.15) is 41.3 Å². The van der Waals surface area contributed by atoms with Crippen molar-refractivity contribution in [2.24, 2.45) is 11.3 Å². The van der Waals surface area contributed by atoms with E-state index in [-0.39, 0.29) is 25.5 Å². The molecule has 1 aromatic carbocycles. The van der Waals surface area contributed by atoms with Gasteiger partial charge in [-0.25, -0.2) is 9.52 Å². The van der Waals surface area contributed by atoms with Gasteiger partial charge >= 0.3 is 16.4 Å². The van der Waals surface area contributed by atoms with Crippen LogP contribution >= 0.6 is 0 Å². The first-order valence-electron chi connectivity index (χ1n) is 17.7. The minimum atomic E-state index is -4.42. The third-order valence-corrected chi connectivity index (χ3v) is 11.0. The quantitative estimate of drug-likeness (QED) is 0.256. The van der Waals surface area contributed by atoms with Crippen LogP contribution in [0.25, 0.3) is 10.9 Å². The number of hydrogen-bond acceptors (Lipinski definition) is 11. The van der Waals surface area contributed by atoms with E-state index < -0.39 is 75.3 Å². The summed E-state index contributed by atoms with van der Waals surface area (Å²) in [6.07, 6.45) is 5.59. The van der Waals surface area contributed by atoms with E-state index in [0.29, 0.717) is 35.2 Å². The smallest absolute Gasteiger partial charge is 0.408 e. The van der Waals surface area contributed by atoms with Crippen LogP contribution in [-0.4, -0.2) is 91.7 Å². The molecule has 52 heavy (non-hydrogen) atoms. The number of aromatic nitrogens is 1. The van der Waals surface area contributed by atoms with Crippen LogP contribution in [0.1, 0.15) is 72.1 Å². The second kappa shape index (κ2) is 14.5. The number of benzene rings is 1. The lowest BCUT2D eigenvalue weighted by molar-refractivity contribution is -0.143. The summed E-state index contributed by atoms with van der Waals surface area (Å²) in [6.45, 7) is 9.11. The number of fused-ring (bicyclic) bond motifs is 1. The van der Waals surface area contributed by atoms with Crippen molar-refractivity contribution in [2.75, 3.05) is 13.7 Å². The SMILES string of the molecule is C=C[C@@H]1C[C@]1(NC(=O)[C@@H]1C[C@@H](Oc2ccnc3cc(OC)ccc23)CN1C(=O)[C@@H](NC(=O)OC1CCCC1)C(C)(C)C)C(=O)NS(=O)(=O)OC1CC1. The summed E-state index contributed by atoms with van der Waals surface area (Å²) in [5.74, 6) is -1.67. The number of methoxy groups -OCH3 is 1. The second-order valence-corrected chi connectivity index (χ2v) is 16.4. The van der Waals surface area contributed by atoms with E-state index in [1.165, 1.54) is 11.0 Å². The average molecular weight is 742 g/mol. The maximum absolute atomic E-state index is 14.5. The number of hydrogen-bond donors (Lipinski definition) is 3. The minimum Gasteiger partial charge on any atom is -0.497 e. The molecule has 0 unspecified atom stereocenters. The molecule has 2 heterocycles. The van der Waals surface area contributed by atoms with E-state index in [2.05, 4.69) is 22.2 Å². The van der Waals surface area contributed by atoms with Crippen LogP contribution in [0.4, 0.5) is 4.79 Å². The van der Waals surface area contributed by atoms with Crippen LogP contribution in [0.5, 0.6) is 11.5 Å².